The lowest BCUT2D eigenvalue weighted by molar-refractivity contribution is -0.130. The van der Waals surface area contributed by atoms with Crippen molar-refractivity contribution in [1.82, 2.24) is 15.1 Å². The predicted octanol–water partition coefficient (Wildman–Crippen LogP) is 1.47. The predicted molar refractivity (Wildman–Crippen MR) is 95.4 cm³/mol. The van der Waals surface area contributed by atoms with Gasteiger partial charge in [-0.25, -0.2) is 4.79 Å². The van der Waals surface area contributed by atoms with Gasteiger partial charge in [0.15, 0.2) is 0 Å². The summed E-state index contributed by atoms with van der Waals surface area (Å²) in [4.78, 5) is 27.5. The van der Waals surface area contributed by atoms with Crippen LogP contribution in [0.2, 0.25) is 0 Å². The molecule has 0 aromatic heterocycles. The first-order valence-electron chi connectivity index (χ1n) is 9.29. The highest BCUT2D eigenvalue weighted by Gasteiger charge is 2.27. The molecule has 0 aromatic carbocycles. The molecule has 0 bridgehead atoms. The molecule has 2 fully saturated rings. The van der Waals surface area contributed by atoms with Crippen LogP contribution in [0.25, 0.3) is 0 Å². The summed E-state index contributed by atoms with van der Waals surface area (Å²) in [6.07, 6.45) is 1.73. The van der Waals surface area contributed by atoms with Gasteiger partial charge in [-0.2, -0.15) is 0 Å². The van der Waals surface area contributed by atoms with E-state index in [2.05, 4.69) is 10.2 Å². The van der Waals surface area contributed by atoms with Crippen molar-refractivity contribution in [2.24, 2.45) is 5.92 Å². The maximum absolute atomic E-state index is 11.8. The van der Waals surface area contributed by atoms with E-state index in [0.717, 1.165) is 45.6 Å². The van der Waals surface area contributed by atoms with Crippen LogP contribution in [0.1, 0.15) is 40.5 Å². The van der Waals surface area contributed by atoms with Crippen molar-refractivity contribution in [3.8, 4) is 0 Å². The van der Waals surface area contributed by atoms with Gasteiger partial charge in [0.2, 0.25) is 5.91 Å². The largest absolute Gasteiger partial charge is 0.444 e. The van der Waals surface area contributed by atoms with Gasteiger partial charge in [0, 0.05) is 46.2 Å². The van der Waals surface area contributed by atoms with E-state index in [1.54, 1.807) is 6.92 Å². The van der Waals surface area contributed by atoms with Crippen molar-refractivity contribution in [2.45, 2.75) is 52.2 Å². The molecule has 2 heterocycles. The zero-order valence-electron chi connectivity index (χ0n) is 16.0. The summed E-state index contributed by atoms with van der Waals surface area (Å²) < 4.78 is 11.0. The van der Waals surface area contributed by atoms with E-state index in [-0.39, 0.29) is 12.0 Å². The Balaban J connectivity index is 1.69. The molecule has 0 spiro atoms. The minimum absolute atomic E-state index is 0.00132. The highest BCUT2D eigenvalue weighted by molar-refractivity contribution is 5.73. The van der Waals surface area contributed by atoms with Gasteiger partial charge in [-0.05, 0) is 39.5 Å². The number of nitrogens with one attached hydrogen (secondary N) is 1. The molecule has 2 saturated heterocycles. The van der Waals surface area contributed by atoms with Gasteiger partial charge in [-0.1, -0.05) is 0 Å². The third kappa shape index (κ3) is 7.20. The van der Waals surface area contributed by atoms with Gasteiger partial charge < -0.3 is 19.7 Å². The molecule has 2 aliphatic heterocycles. The van der Waals surface area contributed by atoms with Gasteiger partial charge >= 0.3 is 6.09 Å². The summed E-state index contributed by atoms with van der Waals surface area (Å²) in [7, 11) is 0. The van der Waals surface area contributed by atoms with E-state index in [0.29, 0.717) is 19.1 Å². The van der Waals surface area contributed by atoms with Gasteiger partial charge in [0.25, 0.3) is 0 Å². The van der Waals surface area contributed by atoms with Gasteiger partial charge in [0.1, 0.15) is 5.60 Å². The number of amides is 2. The monoisotopic (exact) mass is 355 g/mol. The van der Waals surface area contributed by atoms with Crippen molar-refractivity contribution < 1.29 is 19.1 Å². The minimum atomic E-state index is -0.488. The fraction of sp³-hybridized carbons (Fsp3) is 0.889. The number of likely N-dealkylation sites (tertiary alicyclic amines) is 1. The molecule has 1 unspecified atom stereocenters. The van der Waals surface area contributed by atoms with Crippen LogP contribution in [0, 0.1) is 5.92 Å². The first-order valence-corrected chi connectivity index (χ1v) is 9.29. The van der Waals surface area contributed by atoms with Crippen LogP contribution in [0.3, 0.4) is 0 Å². The molecular formula is C18H33N3O4. The van der Waals surface area contributed by atoms with E-state index in [9.17, 15) is 9.59 Å². The Kier molecular flexibility index (Phi) is 7.07. The van der Waals surface area contributed by atoms with Crippen LogP contribution >= 0.6 is 0 Å². The number of rotatable bonds is 4. The fourth-order valence-electron chi connectivity index (χ4n) is 3.38. The minimum Gasteiger partial charge on any atom is -0.444 e. The Morgan fingerprint density at radius 3 is 2.48 bits per heavy atom. The zero-order chi connectivity index (χ0) is 18.4. The van der Waals surface area contributed by atoms with Crippen LogP contribution in [0.5, 0.6) is 0 Å². The van der Waals surface area contributed by atoms with E-state index in [4.69, 9.17) is 9.47 Å². The normalized spacial score (nSPS) is 23.4. The van der Waals surface area contributed by atoms with Crippen molar-refractivity contribution >= 4 is 12.0 Å². The van der Waals surface area contributed by atoms with Gasteiger partial charge in [-0.15, -0.1) is 0 Å². The SMILES string of the molecule is CC(=O)N1CCC(CN2CCOC(CNC(=O)OC(C)(C)C)C2)CC1. The van der Waals surface area contributed by atoms with E-state index >= 15 is 0 Å². The number of morpholine rings is 1. The molecule has 2 amide bonds. The quantitative estimate of drug-likeness (QED) is 0.827. The van der Waals surface area contributed by atoms with Crippen LogP contribution in [-0.2, 0) is 14.3 Å². The fourth-order valence-corrected chi connectivity index (χ4v) is 3.38. The standard InChI is InChI=1S/C18H33N3O4/c1-14(22)21-7-5-15(6-8-21)12-20-9-10-24-16(13-20)11-19-17(23)25-18(2,3)4/h15-16H,5-13H2,1-4H3,(H,19,23). The van der Waals surface area contributed by atoms with Gasteiger partial charge in [0.05, 0.1) is 12.7 Å². The Morgan fingerprint density at radius 2 is 1.88 bits per heavy atom. The Hall–Kier alpha value is -1.34. The molecular weight excluding hydrogens is 322 g/mol. The topological polar surface area (TPSA) is 71.1 Å². The number of ether oxygens (including phenoxy) is 2. The summed E-state index contributed by atoms with van der Waals surface area (Å²) in [6.45, 7) is 12.9. The molecule has 7 nitrogen and oxygen atoms in total. The van der Waals surface area contributed by atoms with Crippen molar-refractivity contribution in [3.63, 3.8) is 0 Å². The van der Waals surface area contributed by atoms with Crippen LogP contribution in [0.4, 0.5) is 4.79 Å². The molecule has 0 saturated carbocycles. The van der Waals surface area contributed by atoms with E-state index < -0.39 is 11.7 Å². The van der Waals surface area contributed by atoms with Crippen molar-refractivity contribution in [3.05, 3.63) is 0 Å². The first kappa shape index (κ1) is 20.0. The Bertz CT molecular complexity index is 456. The summed E-state index contributed by atoms with van der Waals surface area (Å²) in [5.74, 6) is 0.811. The molecule has 2 rings (SSSR count). The highest BCUT2D eigenvalue weighted by Crippen LogP contribution is 2.19. The van der Waals surface area contributed by atoms with Gasteiger partial charge in [-0.3, -0.25) is 9.69 Å². The average Bonchev–Trinajstić information content (AvgIpc) is 2.52. The average molecular weight is 355 g/mol. The third-order valence-corrected chi connectivity index (χ3v) is 4.67. The molecule has 7 heteroatoms. The third-order valence-electron chi connectivity index (χ3n) is 4.67. The van der Waals surface area contributed by atoms with Crippen LogP contribution in [-0.4, -0.2) is 79.4 Å². The zero-order valence-corrected chi connectivity index (χ0v) is 16.0. The molecule has 0 aliphatic carbocycles. The molecule has 2 aliphatic rings. The maximum atomic E-state index is 11.8. The summed E-state index contributed by atoms with van der Waals surface area (Å²) in [5, 5.41) is 2.79. The number of carbonyl (C=O) groups excluding carboxylic acids is 2. The second-order valence-electron chi connectivity index (χ2n) is 8.08. The molecule has 0 aromatic rings. The lowest BCUT2D eigenvalue weighted by Gasteiger charge is -2.38. The number of hydrogen-bond acceptors (Lipinski definition) is 5. The first-order chi connectivity index (χ1) is 11.7. The van der Waals surface area contributed by atoms with E-state index in [1.807, 2.05) is 25.7 Å². The highest BCUT2D eigenvalue weighted by atomic mass is 16.6. The number of piperidine rings is 1. The number of alkyl carbamates (subject to hydrolysis) is 1. The van der Waals surface area contributed by atoms with Crippen molar-refractivity contribution in [2.75, 3.05) is 45.9 Å². The van der Waals surface area contributed by atoms with E-state index in [1.165, 1.54) is 0 Å². The van der Waals surface area contributed by atoms with Crippen LogP contribution in [0.15, 0.2) is 0 Å². The second kappa shape index (κ2) is 8.85. The number of nitrogens with zero attached hydrogens (tertiary/aromatic N) is 2. The lowest BCUT2D eigenvalue weighted by Crippen LogP contribution is -2.50. The molecule has 1 atom stereocenters. The molecule has 1 N–H and O–H groups in total. The second-order valence-corrected chi connectivity index (χ2v) is 8.08. The van der Waals surface area contributed by atoms with Crippen molar-refractivity contribution in [1.29, 1.82) is 0 Å². The number of hydrogen-bond donors (Lipinski definition) is 1. The lowest BCUT2D eigenvalue weighted by atomic mass is 9.96. The Morgan fingerprint density at radius 1 is 1.20 bits per heavy atom. The maximum Gasteiger partial charge on any atom is 0.407 e. The number of carbonyl (C=O) groups is 2. The molecule has 144 valence electrons. The Labute approximate surface area is 151 Å². The van der Waals surface area contributed by atoms with Crippen LogP contribution < -0.4 is 5.32 Å². The summed E-state index contributed by atoms with van der Waals surface area (Å²) in [6, 6.07) is 0. The summed E-state index contributed by atoms with van der Waals surface area (Å²) in [5.41, 5.74) is -0.488. The summed E-state index contributed by atoms with van der Waals surface area (Å²) >= 11 is 0. The smallest absolute Gasteiger partial charge is 0.407 e. The molecule has 25 heavy (non-hydrogen) atoms. The molecule has 0 radical (unpaired) electrons.